The van der Waals surface area contributed by atoms with Gasteiger partial charge in [-0.05, 0) is 157 Å². The zero-order valence-electron chi connectivity index (χ0n) is 38.1. The Bertz CT molecular complexity index is 3790. The quantitative estimate of drug-likeness (QED) is 0.134. The number of hydrogen-bond donors (Lipinski definition) is 0. The zero-order chi connectivity index (χ0) is 45.2. The van der Waals surface area contributed by atoms with Crippen molar-refractivity contribution in [1.82, 2.24) is 0 Å². The highest BCUT2D eigenvalue weighted by molar-refractivity contribution is 6.24. The molecule has 0 amide bonds. The number of hydrogen-bond acceptors (Lipinski definition) is 0. The van der Waals surface area contributed by atoms with Crippen LogP contribution in [0.4, 0.5) is 0 Å². The van der Waals surface area contributed by atoms with E-state index >= 15 is 0 Å². The van der Waals surface area contributed by atoms with Crippen LogP contribution in [0.5, 0.6) is 0 Å². The Kier molecular flexibility index (Phi) is 9.55. The van der Waals surface area contributed by atoms with Crippen LogP contribution in [0.1, 0.15) is 36.5 Å². The predicted molar refractivity (Wildman–Crippen MR) is 290 cm³/mol. The maximum Gasteiger partial charge on any atom is 0.0469 e. The SMILES string of the molecule is CCCC1(c2cccc3ccccc23)c2ccccc2-c2ccc(-c3c4ccccc4c(-c4ccc(-c5cc(-c6ccccc6)cc(-c6ccccc6)c5)c5ccccc45)c4ccccc34)cc21. The van der Waals surface area contributed by atoms with Gasteiger partial charge in [-0.2, -0.15) is 0 Å². The summed E-state index contributed by atoms with van der Waals surface area (Å²) in [6, 6.07) is 93.1. The molecule has 1 atom stereocenters. The van der Waals surface area contributed by atoms with Gasteiger partial charge in [-0.3, -0.25) is 0 Å². The van der Waals surface area contributed by atoms with E-state index < -0.39 is 0 Å². The van der Waals surface area contributed by atoms with Crippen molar-refractivity contribution < 1.29 is 0 Å². The summed E-state index contributed by atoms with van der Waals surface area (Å²) in [6.07, 6.45) is 2.07. The van der Waals surface area contributed by atoms with E-state index in [4.69, 9.17) is 0 Å². The summed E-state index contributed by atoms with van der Waals surface area (Å²) in [4.78, 5) is 0. The van der Waals surface area contributed by atoms with E-state index in [0.29, 0.717) is 0 Å². The molecule has 0 fully saturated rings. The minimum Gasteiger partial charge on any atom is -0.0653 e. The zero-order valence-corrected chi connectivity index (χ0v) is 38.1. The van der Waals surface area contributed by atoms with Gasteiger partial charge < -0.3 is 0 Å². The predicted octanol–water partition coefficient (Wildman–Crippen LogP) is 18.7. The van der Waals surface area contributed by atoms with Crippen LogP contribution >= 0.6 is 0 Å². The third-order valence-electron chi connectivity index (χ3n) is 14.9. The third-order valence-corrected chi connectivity index (χ3v) is 14.9. The van der Waals surface area contributed by atoms with Gasteiger partial charge in [0.15, 0.2) is 0 Å². The maximum absolute atomic E-state index is 2.57. The van der Waals surface area contributed by atoms with Gasteiger partial charge in [0.05, 0.1) is 0 Å². The molecule has 68 heavy (non-hydrogen) atoms. The largest absolute Gasteiger partial charge is 0.0653 e. The highest BCUT2D eigenvalue weighted by Gasteiger charge is 2.45. The second kappa shape index (κ2) is 16.2. The average molecular weight is 865 g/mol. The Balaban J connectivity index is 1.03. The Labute approximate surface area is 398 Å². The molecule has 0 spiro atoms. The fraction of sp³-hybridized carbons (Fsp3) is 0.0588. The van der Waals surface area contributed by atoms with Crippen LogP contribution < -0.4 is 0 Å². The van der Waals surface area contributed by atoms with Crippen LogP contribution in [-0.2, 0) is 5.41 Å². The Hall–Kier alpha value is -8.32. The average Bonchev–Trinajstić information content (AvgIpc) is 3.69. The summed E-state index contributed by atoms with van der Waals surface area (Å²) in [7, 11) is 0. The van der Waals surface area contributed by atoms with Crippen LogP contribution in [0.3, 0.4) is 0 Å². The smallest absolute Gasteiger partial charge is 0.0469 e. The van der Waals surface area contributed by atoms with Gasteiger partial charge in [0.2, 0.25) is 0 Å². The fourth-order valence-corrected chi connectivity index (χ4v) is 12.1. The highest BCUT2D eigenvalue weighted by atomic mass is 14.5. The molecule has 320 valence electrons. The highest BCUT2D eigenvalue weighted by Crippen LogP contribution is 2.57. The Morgan fingerprint density at radius 2 is 0.721 bits per heavy atom. The van der Waals surface area contributed by atoms with Crippen molar-refractivity contribution in [2.24, 2.45) is 0 Å². The summed E-state index contributed by atoms with van der Waals surface area (Å²) < 4.78 is 0. The summed E-state index contributed by atoms with van der Waals surface area (Å²) >= 11 is 0. The molecule has 0 saturated carbocycles. The molecule has 0 aliphatic heterocycles. The number of fused-ring (bicyclic) bond motifs is 7. The molecule has 0 heterocycles. The van der Waals surface area contributed by atoms with Crippen LogP contribution in [0.25, 0.3) is 110 Å². The molecule has 0 aromatic heterocycles. The monoisotopic (exact) mass is 864 g/mol. The molecule has 0 heteroatoms. The lowest BCUT2D eigenvalue weighted by molar-refractivity contribution is 0.567. The molecule has 12 aromatic carbocycles. The third kappa shape index (κ3) is 6.21. The molecule has 0 bridgehead atoms. The minimum atomic E-state index is -0.299. The number of rotatable bonds is 8. The van der Waals surface area contributed by atoms with E-state index in [1.54, 1.807) is 0 Å². The van der Waals surface area contributed by atoms with Crippen LogP contribution in [0.2, 0.25) is 0 Å². The Morgan fingerprint density at radius 1 is 0.265 bits per heavy atom. The molecule has 0 saturated heterocycles. The van der Waals surface area contributed by atoms with E-state index in [9.17, 15) is 0 Å². The van der Waals surface area contributed by atoms with Crippen LogP contribution in [0, 0.1) is 0 Å². The molecular weight excluding hydrogens is 817 g/mol. The summed E-state index contributed by atoms with van der Waals surface area (Å²) in [6.45, 7) is 2.34. The van der Waals surface area contributed by atoms with Gasteiger partial charge in [-0.15, -0.1) is 0 Å². The molecule has 0 nitrogen and oxygen atoms in total. The lowest BCUT2D eigenvalue weighted by Gasteiger charge is -2.34. The minimum absolute atomic E-state index is 0.299. The normalized spacial score (nSPS) is 14.1. The van der Waals surface area contributed by atoms with Crippen LogP contribution in [0.15, 0.2) is 249 Å². The second-order valence-corrected chi connectivity index (χ2v) is 18.6. The first kappa shape index (κ1) is 40.0. The first-order chi connectivity index (χ1) is 33.7. The summed E-state index contributed by atoms with van der Waals surface area (Å²) in [5.74, 6) is 0. The topological polar surface area (TPSA) is 0 Å². The van der Waals surface area contributed by atoms with Crippen molar-refractivity contribution in [3.8, 4) is 66.8 Å². The lowest BCUT2D eigenvalue weighted by atomic mass is 9.68. The van der Waals surface area contributed by atoms with Crippen molar-refractivity contribution in [3.05, 3.63) is 265 Å². The van der Waals surface area contributed by atoms with Crippen molar-refractivity contribution in [1.29, 1.82) is 0 Å². The molecule has 0 radical (unpaired) electrons. The molecule has 12 aromatic rings. The van der Waals surface area contributed by atoms with Gasteiger partial charge >= 0.3 is 0 Å². The molecule has 13 rings (SSSR count). The fourth-order valence-electron chi connectivity index (χ4n) is 12.1. The summed E-state index contributed by atoms with van der Waals surface area (Å²) in [5, 5.41) is 10.1. The van der Waals surface area contributed by atoms with E-state index in [1.165, 1.54) is 127 Å². The maximum atomic E-state index is 2.57. The van der Waals surface area contributed by atoms with E-state index in [2.05, 4.69) is 256 Å². The Morgan fingerprint density at radius 3 is 1.37 bits per heavy atom. The molecular formula is C68H48. The first-order valence-electron chi connectivity index (χ1n) is 24.1. The van der Waals surface area contributed by atoms with Gasteiger partial charge in [0, 0.05) is 5.41 Å². The molecule has 1 aliphatic carbocycles. The van der Waals surface area contributed by atoms with Gasteiger partial charge in [-0.25, -0.2) is 0 Å². The van der Waals surface area contributed by atoms with Crippen molar-refractivity contribution in [3.63, 3.8) is 0 Å². The van der Waals surface area contributed by atoms with Crippen molar-refractivity contribution in [2.45, 2.75) is 25.2 Å². The second-order valence-electron chi connectivity index (χ2n) is 18.6. The molecule has 0 N–H and O–H groups in total. The van der Waals surface area contributed by atoms with Gasteiger partial charge in [-0.1, -0.05) is 238 Å². The molecule has 1 aliphatic rings. The van der Waals surface area contributed by atoms with E-state index in [1.807, 2.05) is 0 Å². The van der Waals surface area contributed by atoms with Crippen LogP contribution in [-0.4, -0.2) is 0 Å². The first-order valence-corrected chi connectivity index (χ1v) is 24.1. The van der Waals surface area contributed by atoms with Gasteiger partial charge in [0.1, 0.15) is 0 Å². The standard InChI is InChI=1S/C68H48/c1-2-40-68(63-35-19-25-47-24-9-10-26-53(47)63)64-34-18-17-29-56(64)57-37-36-48(44-65(57)68)66-58-30-13-15-32-60(58)67(61-33-16-14-31-59(61)66)62-39-38-52(54-27-11-12-28-55(54)62)51-42-49(45-20-5-3-6-21-45)41-50(43-51)46-22-7-4-8-23-46/h3-39,41-44H,2,40H2,1H3. The van der Waals surface area contributed by atoms with Crippen molar-refractivity contribution in [2.75, 3.05) is 0 Å². The van der Waals surface area contributed by atoms with E-state index in [0.717, 1.165) is 12.8 Å². The van der Waals surface area contributed by atoms with Gasteiger partial charge in [0.25, 0.3) is 0 Å². The lowest BCUT2D eigenvalue weighted by Crippen LogP contribution is -2.27. The van der Waals surface area contributed by atoms with Crippen molar-refractivity contribution >= 4 is 43.1 Å². The summed E-state index contributed by atoms with van der Waals surface area (Å²) in [5.41, 5.74) is 18.9. The van der Waals surface area contributed by atoms with E-state index in [-0.39, 0.29) is 5.41 Å². The molecule has 1 unspecified atom stereocenters. The number of benzene rings is 12.